The summed E-state index contributed by atoms with van der Waals surface area (Å²) < 4.78 is 33.3. The summed E-state index contributed by atoms with van der Waals surface area (Å²) in [6, 6.07) is 15.5. The third kappa shape index (κ3) is 4.70. The number of benzene rings is 2. The van der Waals surface area contributed by atoms with E-state index >= 15 is 0 Å². The van der Waals surface area contributed by atoms with E-state index in [0.29, 0.717) is 22.8 Å². The summed E-state index contributed by atoms with van der Waals surface area (Å²) in [6.45, 7) is 3.32. The van der Waals surface area contributed by atoms with Crippen LogP contribution in [0.5, 0.6) is 5.75 Å². The van der Waals surface area contributed by atoms with Crippen LogP contribution >= 0.6 is 0 Å². The van der Waals surface area contributed by atoms with Gasteiger partial charge < -0.3 is 10.1 Å². The standard InChI is InChI=1S/C22H26N4O5S/c1-15-20(22(28)26(24(15)3)18-9-7-6-8-10-18)23-21(27)16(2)31-19-13-11-17(12-14-19)25(4)32(5,29)30/h6-14,16H,1-5H3,(H,23,27)/t16-/m1/s1. The minimum Gasteiger partial charge on any atom is -0.481 e. The molecule has 0 aliphatic carbocycles. The number of anilines is 2. The lowest BCUT2D eigenvalue weighted by atomic mass is 10.3. The van der Waals surface area contributed by atoms with Gasteiger partial charge in [-0.15, -0.1) is 0 Å². The van der Waals surface area contributed by atoms with Gasteiger partial charge in [-0.25, -0.2) is 13.1 Å². The van der Waals surface area contributed by atoms with E-state index in [1.54, 1.807) is 49.8 Å². The molecule has 0 radical (unpaired) electrons. The lowest BCUT2D eigenvalue weighted by molar-refractivity contribution is -0.122. The molecule has 0 bridgehead atoms. The highest BCUT2D eigenvalue weighted by Gasteiger charge is 2.22. The van der Waals surface area contributed by atoms with Crippen molar-refractivity contribution >= 4 is 27.3 Å². The third-order valence-corrected chi connectivity index (χ3v) is 6.39. The highest BCUT2D eigenvalue weighted by Crippen LogP contribution is 2.21. The number of aromatic nitrogens is 2. The Hall–Kier alpha value is -3.53. The van der Waals surface area contributed by atoms with Gasteiger partial charge >= 0.3 is 0 Å². The SMILES string of the molecule is Cc1c(NC(=O)[C@@H](C)Oc2ccc(N(C)S(C)(=O)=O)cc2)c(=O)n(-c2ccccc2)n1C. The summed E-state index contributed by atoms with van der Waals surface area (Å²) in [5.41, 5.74) is 1.60. The van der Waals surface area contributed by atoms with Crippen molar-refractivity contribution in [3.8, 4) is 11.4 Å². The second-order valence-corrected chi connectivity index (χ2v) is 9.42. The summed E-state index contributed by atoms with van der Waals surface area (Å²) in [6.07, 6.45) is 0.221. The van der Waals surface area contributed by atoms with Crippen LogP contribution in [0.2, 0.25) is 0 Å². The van der Waals surface area contributed by atoms with Crippen LogP contribution in [0.4, 0.5) is 11.4 Å². The zero-order valence-corrected chi connectivity index (χ0v) is 19.4. The van der Waals surface area contributed by atoms with Gasteiger partial charge in [0.15, 0.2) is 6.10 Å². The molecule has 0 spiro atoms. The zero-order valence-electron chi connectivity index (χ0n) is 18.6. The molecule has 170 valence electrons. The lowest BCUT2D eigenvalue weighted by Gasteiger charge is -2.18. The molecule has 0 aliphatic heterocycles. The predicted octanol–water partition coefficient (Wildman–Crippen LogP) is 2.29. The van der Waals surface area contributed by atoms with Crippen molar-refractivity contribution in [1.29, 1.82) is 0 Å². The molecule has 9 nitrogen and oxygen atoms in total. The number of nitrogens with one attached hydrogen (secondary N) is 1. The van der Waals surface area contributed by atoms with Crippen molar-refractivity contribution in [1.82, 2.24) is 9.36 Å². The average molecular weight is 459 g/mol. The Morgan fingerprint density at radius 2 is 1.69 bits per heavy atom. The molecule has 1 amide bonds. The summed E-state index contributed by atoms with van der Waals surface area (Å²) in [4.78, 5) is 25.6. The number of sulfonamides is 1. The molecule has 0 fully saturated rings. The van der Waals surface area contributed by atoms with Crippen LogP contribution < -0.4 is 19.9 Å². The normalized spacial score (nSPS) is 12.3. The van der Waals surface area contributed by atoms with Crippen molar-refractivity contribution in [2.75, 3.05) is 22.9 Å². The average Bonchev–Trinajstić information content (AvgIpc) is 2.96. The smallest absolute Gasteiger partial charge is 0.295 e. The Kier molecular flexibility index (Phi) is 6.45. The molecule has 1 aromatic heterocycles. The number of para-hydroxylation sites is 1. The van der Waals surface area contributed by atoms with Gasteiger partial charge in [0.2, 0.25) is 10.0 Å². The van der Waals surface area contributed by atoms with Crippen molar-refractivity contribution in [2.24, 2.45) is 7.05 Å². The first-order chi connectivity index (χ1) is 15.0. The first-order valence-electron chi connectivity index (χ1n) is 9.86. The predicted molar refractivity (Wildman–Crippen MR) is 124 cm³/mol. The van der Waals surface area contributed by atoms with E-state index < -0.39 is 22.0 Å². The quantitative estimate of drug-likeness (QED) is 0.585. The molecular weight excluding hydrogens is 432 g/mol. The fourth-order valence-corrected chi connectivity index (χ4v) is 3.63. The molecule has 0 unspecified atom stereocenters. The minimum absolute atomic E-state index is 0.182. The number of nitrogens with zero attached hydrogens (tertiary/aromatic N) is 3. The van der Waals surface area contributed by atoms with E-state index in [1.807, 2.05) is 30.3 Å². The van der Waals surface area contributed by atoms with Gasteiger partial charge in [-0.1, -0.05) is 18.2 Å². The second kappa shape index (κ2) is 8.91. The van der Waals surface area contributed by atoms with Crippen LogP contribution in [0.3, 0.4) is 0 Å². The Morgan fingerprint density at radius 1 is 1.09 bits per heavy atom. The van der Waals surface area contributed by atoms with E-state index in [0.717, 1.165) is 10.6 Å². The molecule has 32 heavy (non-hydrogen) atoms. The van der Waals surface area contributed by atoms with Crippen LogP contribution in [0.1, 0.15) is 12.6 Å². The lowest BCUT2D eigenvalue weighted by Crippen LogP contribution is -2.32. The Bertz CT molecular complexity index is 1280. The molecule has 1 atom stereocenters. The molecule has 3 aromatic rings. The molecule has 1 N–H and O–H groups in total. The highest BCUT2D eigenvalue weighted by atomic mass is 32.2. The molecule has 0 aliphatic rings. The van der Waals surface area contributed by atoms with Gasteiger partial charge in [0.1, 0.15) is 11.4 Å². The van der Waals surface area contributed by atoms with Crippen LogP contribution in [0.25, 0.3) is 5.69 Å². The van der Waals surface area contributed by atoms with Gasteiger partial charge in [0, 0.05) is 14.1 Å². The van der Waals surface area contributed by atoms with Crippen LogP contribution in [-0.2, 0) is 21.9 Å². The van der Waals surface area contributed by atoms with Crippen LogP contribution in [0.15, 0.2) is 59.4 Å². The van der Waals surface area contributed by atoms with Gasteiger partial charge in [-0.2, -0.15) is 0 Å². The summed E-state index contributed by atoms with van der Waals surface area (Å²) in [7, 11) is -0.180. The monoisotopic (exact) mass is 458 g/mol. The van der Waals surface area contributed by atoms with Gasteiger partial charge in [-0.05, 0) is 50.2 Å². The van der Waals surface area contributed by atoms with Crippen LogP contribution in [-0.4, -0.2) is 43.1 Å². The van der Waals surface area contributed by atoms with Crippen molar-refractivity contribution in [3.63, 3.8) is 0 Å². The Labute approximate surface area is 186 Å². The number of amides is 1. The van der Waals surface area contributed by atoms with Crippen molar-refractivity contribution in [3.05, 3.63) is 70.6 Å². The number of hydrogen-bond acceptors (Lipinski definition) is 5. The molecule has 3 rings (SSSR count). The summed E-state index contributed by atoms with van der Waals surface area (Å²) in [5.74, 6) is -0.0851. The minimum atomic E-state index is -3.37. The van der Waals surface area contributed by atoms with Gasteiger partial charge in [-0.3, -0.25) is 18.6 Å². The first kappa shape index (κ1) is 23.1. The highest BCUT2D eigenvalue weighted by molar-refractivity contribution is 7.92. The summed E-state index contributed by atoms with van der Waals surface area (Å²) >= 11 is 0. The number of ether oxygens (including phenoxy) is 1. The maximum Gasteiger partial charge on any atom is 0.295 e. The van der Waals surface area contributed by atoms with Crippen molar-refractivity contribution in [2.45, 2.75) is 20.0 Å². The number of carbonyl (C=O) groups is 1. The largest absolute Gasteiger partial charge is 0.481 e. The van der Waals surface area contributed by atoms with Crippen molar-refractivity contribution < 1.29 is 17.9 Å². The van der Waals surface area contributed by atoms with Gasteiger partial charge in [0.25, 0.3) is 11.5 Å². The van der Waals surface area contributed by atoms with E-state index in [-0.39, 0.29) is 11.2 Å². The van der Waals surface area contributed by atoms with E-state index in [4.69, 9.17) is 4.74 Å². The number of hydrogen-bond donors (Lipinski definition) is 1. The fraction of sp³-hybridized carbons (Fsp3) is 0.273. The molecule has 10 heteroatoms. The first-order valence-corrected chi connectivity index (χ1v) is 11.7. The number of rotatable bonds is 7. The molecular formula is C22H26N4O5S. The van der Waals surface area contributed by atoms with Gasteiger partial charge in [0.05, 0.1) is 23.3 Å². The number of carbonyl (C=O) groups excluding carboxylic acids is 1. The fourth-order valence-electron chi connectivity index (χ4n) is 3.12. The maximum absolute atomic E-state index is 12.9. The van der Waals surface area contributed by atoms with E-state index in [9.17, 15) is 18.0 Å². The molecule has 0 saturated heterocycles. The topological polar surface area (TPSA) is 103 Å². The van der Waals surface area contributed by atoms with E-state index in [2.05, 4.69) is 5.32 Å². The Balaban J connectivity index is 1.75. The summed E-state index contributed by atoms with van der Waals surface area (Å²) in [5, 5.41) is 2.67. The second-order valence-electron chi connectivity index (χ2n) is 7.41. The third-order valence-electron chi connectivity index (χ3n) is 5.18. The molecule has 2 aromatic carbocycles. The van der Waals surface area contributed by atoms with Crippen LogP contribution in [0, 0.1) is 6.92 Å². The Morgan fingerprint density at radius 3 is 2.25 bits per heavy atom. The maximum atomic E-state index is 12.9. The van der Waals surface area contributed by atoms with E-state index in [1.165, 1.54) is 11.7 Å². The molecule has 1 heterocycles. The zero-order chi connectivity index (χ0) is 23.6. The molecule has 0 saturated carbocycles.